The molecule has 8 nitrogen and oxygen atoms in total. The molecule has 0 spiro atoms. The van der Waals surface area contributed by atoms with Crippen molar-refractivity contribution < 1.29 is 23.1 Å². The highest BCUT2D eigenvalue weighted by Crippen LogP contribution is 1.93. The van der Waals surface area contributed by atoms with Crippen LogP contribution in [0.1, 0.15) is 6.42 Å². The highest BCUT2D eigenvalue weighted by molar-refractivity contribution is 7.90. The van der Waals surface area contributed by atoms with E-state index in [0.29, 0.717) is 0 Å². The number of carbonyl (C=O) groups excluding carboxylic acids is 1. The zero-order chi connectivity index (χ0) is 13.5. The molecule has 0 rings (SSSR count). The van der Waals surface area contributed by atoms with Crippen molar-refractivity contribution in [1.82, 2.24) is 10.6 Å². The number of nitrogens with one attached hydrogen (secondary N) is 2. The summed E-state index contributed by atoms with van der Waals surface area (Å²) in [6.45, 7) is 0.0386. The van der Waals surface area contributed by atoms with Crippen LogP contribution in [0.25, 0.3) is 0 Å². The molecule has 2 amide bonds. The maximum absolute atomic E-state index is 11.4. The Morgan fingerprint density at radius 2 is 2.06 bits per heavy atom. The fraction of sp³-hybridized carbons (Fsp3) is 0.625. The van der Waals surface area contributed by atoms with Gasteiger partial charge in [-0.25, -0.2) is 13.2 Å². The van der Waals surface area contributed by atoms with Crippen molar-refractivity contribution in [2.45, 2.75) is 12.5 Å². The minimum atomic E-state index is -3.50. The third kappa shape index (κ3) is 8.04. The van der Waals surface area contributed by atoms with Crippen LogP contribution in [0.2, 0.25) is 0 Å². The molecule has 0 saturated carbocycles. The molecule has 1 atom stereocenters. The summed E-state index contributed by atoms with van der Waals surface area (Å²) in [6.07, 6.45) is -0.537. The van der Waals surface area contributed by atoms with Gasteiger partial charge in [0.05, 0.1) is 18.2 Å². The Balaban J connectivity index is 4.52. The van der Waals surface area contributed by atoms with Gasteiger partial charge in [-0.15, -0.1) is 0 Å². The van der Waals surface area contributed by atoms with Crippen molar-refractivity contribution in [2.24, 2.45) is 0 Å². The van der Waals surface area contributed by atoms with E-state index in [0.717, 1.165) is 6.26 Å². The Kier molecular flexibility index (Phi) is 5.98. The fourth-order valence-electron chi connectivity index (χ4n) is 0.999. The number of rotatable bonds is 6. The molecule has 0 aliphatic carbocycles. The summed E-state index contributed by atoms with van der Waals surface area (Å²) in [5, 5.41) is 20.8. The zero-order valence-corrected chi connectivity index (χ0v) is 9.95. The lowest BCUT2D eigenvalue weighted by Crippen LogP contribution is -2.50. The highest BCUT2D eigenvalue weighted by Gasteiger charge is 2.24. The molecule has 0 fully saturated rings. The molecule has 0 heterocycles. The molecule has 0 radical (unpaired) electrons. The summed E-state index contributed by atoms with van der Waals surface area (Å²) in [4.78, 5) is 21.8. The Morgan fingerprint density at radius 3 is 2.47 bits per heavy atom. The lowest BCUT2D eigenvalue weighted by atomic mass is 10.3. The van der Waals surface area contributed by atoms with E-state index in [-0.39, 0.29) is 13.0 Å². The number of hydrogen-bond donors (Lipinski definition) is 3. The molecule has 0 aliphatic rings. The van der Waals surface area contributed by atoms with Crippen LogP contribution in [0.15, 0.2) is 0 Å². The molecule has 0 saturated heterocycles. The minimum absolute atomic E-state index is 0.0386. The van der Waals surface area contributed by atoms with Gasteiger partial charge in [-0.05, 0) is 0 Å². The number of sulfone groups is 1. The lowest BCUT2D eigenvalue weighted by Gasteiger charge is -2.15. The van der Waals surface area contributed by atoms with E-state index in [1.54, 1.807) is 11.4 Å². The topological polar surface area (TPSA) is 136 Å². The number of hydrogen-bond acceptors (Lipinski definition) is 5. The SMILES string of the molecule is CS(=O)(=O)CC(NC(=O)O)C(=O)NCCC#N. The minimum Gasteiger partial charge on any atom is -0.465 e. The standard InChI is InChI=1S/C8H13N3O5S/c1-17(15,16)5-6(11-8(13)14)7(12)10-4-2-3-9/h6,11H,2,4-5H2,1H3,(H,10,12)(H,13,14). The number of carbonyl (C=O) groups is 2. The summed E-state index contributed by atoms with van der Waals surface area (Å²) < 4.78 is 22.0. The van der Waals surface area contributed by atoms with Gasteiger partial charge in [0.25, 0.3) is 0 Å². The average molecular weight is 263 g/mol. The van der Waals surface area contributed by atoms with Crippen LogP contribution in [0.5, 0.6) is 0 Å². The molecule has 9 heteroatoms. The van der Waals surface area contributed by atoms with Crippen LogP contribution in [-0.2, 0) is 14.6 Å². The predicted octanol–water partition coefficient (Wildman–Crippen LogP) is -1.30. The van der Waals surface area contributed by atoms with Gasteiger partial charge >= 0.3 is 6.09 Å². The second-order valence-electron chi connectivity index (χ2n) is 3.29. The number of amides is 2. The first-order valence-electron chi connectivity index (χ1n) is 4.58. The Hall–Kier alpha value is -1.82. The van der Waals surface area contributed by atoms with Crippen LogP contribution in [-0.4, -0.2) is 50.1 Å². The highest BCUT2D eigenvalue weighted by atomic mass is 32.2. The van der Waals surface area contributed by atoms with Crippen LogP contribution in [0.3, 0.4) is 0 Å². The maximum atomic E-state index is 11.4. The first kappa shape index (κ1) is 15.2. The van der Waals surface area contributed by atoms with E-state index < -0.39 is 33.6 Å². The smallest absolute Gasteiger partial charge is 0.405 e. The summed E-state index contributed by atoms with van der Waals surface area (Å²) in [5.74, 6) is -1.40. The summed E-state index contributed by atoms with van der Waals surface area (Å²) in [5.41, 5.74) is 0. The van der Waals surface area contributed by atoms with Gasteiger partial charge in [-0.3, -0.25) is 4.79 Å². The normalized spacial score (nSPS) is 12.2. The second-order valence-corrected chi connectivity index (χ2v) is 5.48. The predicted molar refractivity (Wildman–Crippen MR) is 57.9 cm³/mol. The monoisotopic (exact) mass is 263 g/mol. The van der Waals surface area contributed by atoms with Crippen molar-refractivity contribution in [3.8, 4) is 6.07 Å². The van der Waals surface area contributed by atoms with Gasteiger partial charge < -0.3 is 15.7 Å². The van der Waals surface area contributed by atoms with Gasteiger partial charge in [0.1, 0.15) is 15.9 Å². The van der Waals surface area contributed by atoms with Crippen LogP contribution >= 0.6 is 0 Å². The van der Waals surface area contributed by atoms with Gasteiger partial charge in [0.15, 0.2) is 0 Å². The summed E-state index contributed by atoms with van der Waals surface area (Å²) in [6, 6.07) is 0.407. The van der Waals surface area contributed by atoms with Crippen molar-refractivity contribution in [1.29, 1.82) is 5.26 Å². The molecule has 0 aliphatic heterocycles. The fourth-order valence-corrected chi connectivity index (χ4v) is 1.84. The summed E-state index contributed by atoms with van der Waals surface area (Å²) >= 11 is 0. The van der Waals surface area contributed by atoms with Crippen molar-refractivity contribution in [3.05, 3.63) is 0 Å². The van der Waals surface area contributed by atoms with E-state index in [1.165, 1.54) is 0 Å². The first-order valence-corrected chi connectivity index (χ1v) is 6.64. The van der Waals surface area contributed by atoms with E-state index in [4.69, 9.17) is 10.4 Å². The molecule has 0 aromatic carbocycles. The lowest BCUT2D eigenvalue weighted by molar-refractivity contribution is -0.122. The molecule has 0 aromatic rings. The van der Waals surface area contributed by atoms with Crippen molar-refractivity contribution >= 4 is 21.8 Å². The van der Waals surface area contributed by atoms with Crippen LogP contribution in [0.4, 0.5) is 4.79 Å². The average Bonchev–Trinajstić information content (AvgIpc) is 2.14. The first-order chi connectivity index (χ1) is 7.76. The van der Waals surface area contributed by atoms with Gasteiger partial charge in [0.2, 0.25) is 5.91 Å². The molecule has 0 bridgehead atoms. The van der Waals surface area contributed by atoms with Crippen molar-refractivity contribution in [2.75, 3.05) is 18.6 Å². The van der Waals surface area contributed by atoms with E-state index in [2.05, 4.69) is 5.32 Å². The number of carboxylic acid groups (broad SMARTS) is 1. The Labute approximate surface area is 98.5 Å². The number of nitrogens with zero attached hydrogens (tertiary/aromatic N) is 1. The second kappa shape index (κ2) is 6.70. The maximum Gasteiger partial charge on any atom is 0.405 e. The third-order valence-electron chi connectivity index (χ3n) is 1.62. The van der Waals surface area contributed by atoms with Crippen LogP contribution < -0.4 is 10.6 Å². The molecule has 3 N–H and O–H groups in total. The zero-order valence-electron chi connectivity index (χ0n) is 9.13. The molecule has 17 heavy (non-hydrogen) atoms. The molecule has 96 valence electrons. The van der Waals surface area contributed by atoms with Gasteiger partial charge in [-0.2, -0.15) is 5.26 Å². The largest absolute Gasteiger partial charge is 0.465 e. The summed E-state index contributed by atoms with van der Waals surface area (Å²) in [7, 11) is -3.50. The molecule has 1 unspecified atom stereocenters. The number of nitriles is 1. The Bertz CT molecular complexity index is 425. The van der Waals surface area contributed by atoms with E-state index in [9.17, 15) is 18.0 Å². The molecular weight excluding hydrogens is 250 g/mol. The third-order valence-corrected chi connectivity index (χ3v) is 2.56. The van der Waals surface area contributed by atoms with Gasteiger partial charge in [-0.1, -0.05) is 0 Å². The van der Waals surface area contributed by atoms with Gasteiger partial charge in [0, 0.05) is 12.8 Å². The molecule has 0 aromatic heterocycles. The van der Waals surface area contributed by atoms with E-state index >= 15 is 0 Å². The quantitative estimate of drug-likeness (QED) is 0.509. The molecular formula is C8H13N3O5S. The van der Waals surface area contributed by atoms with E-state index in [1.807, 2.05) is 0 Å². The van der Waals surface area contributed by atoms with Crippen molar-refractivity contribution in [3.63, 3.8) is 0 Å². The Morgan fingerprint density at radius 1 is 1.47 bits per heavy atom. The van der Waals surface area contributed by atoms with Crippen LogP contribution in [0, 0.1) is 11.3 Å².